The Bertz CT molecular complexity index is 191. The predicted octanol–water partition coefficient (Wildman–Crippen LogP) is 0.902. The molecule has 0 aromatic carbocycles. The molecule has 1 unspecified atom stereocenters. The number of carbonyl (C=O) groups is 1. The van der Waals surface area contributed by atoms with E-state index < -0.39 is 0 Å². The van der Waals surface area contributed by atoms with Crippen LogP contribution in [0.4, 0.5) is 0 Å². The largest absolute Gasteiger partial charge is 0.341 e. The molecule has 1 fully saturated rings. The van der Waals surface area contributed by atoms with Gasteiger partial charge in [0.05, 0.1) is 0 Å². The summed E-state index contributed by atoms with van der Waals surface area (Å²) in [6.07, 6.45) is 5.22. The van der Waals surface area contributed by atoms with Crippen LogP contribution in [0.25, 0.3) is 0 Å². The lowest BCUT2D eigenvalue weighted by Gasteiger charge is -2.30. The van der Waals surface area contributed by atoms with E-state index in [2.05, 4.69) is 6.58 Å². The number of amides is 1. The van der Waals surface area contributed by atoms with Gasteiger partial charge in [0.25, 0.3) is 0 Å². The summed E-state index contributed by atoms with van der Waals surface area (Å²) >= 11 is 0. The Labute approximate surface area is 79.6 Å². The Hall–Kier alpha value is -0.830. The van der Waals surface area contributed by atoms with Gasteiger partial charge in [-0.05, 0) is 19.3 Å². The SMILES string of the molecule is C=CCCC(=O)N1CCCC(N)C1. The molecule has 0 spiro atoms. The molecule has 13 heavy (non-hydrogen) atoms. The van der Waals surface area contributed by atoms with Gasteiger partial charge in [0.1, 0.15) is 0 Å². The average molecular weight is 182 g/mol. The van der Waals surface area contributed by atoms with Gasteiger partial charge in [0.2, 0.25) is 5.91 Å². The Morgan fingerprint density at radius 2 is 2.46 bits per heavy atom. The van der Waals surface area contributed by atoms with E-state index >= 15 is 0 Å². The highest BCUT2D eigenvalue weighted by molar-refractivity contribution is 5.76. The van der Waals surface area contributed by atoms with Crippen molar-refractivity contribution in [3.05, 3.63) is 12.7 Å². The van der Waals surface area contributed by atoms with Gasteiger partial charge >= 0.3 is 0 Å². The van der Waals surface area contributed by atoms with Crippen molar-refractivity contribution in [3.8, 4) is 0 Å². The predicted molar refractivity (Wildman–Crippen MR) is 53.2 cm³/mol. The fraction of sp³-hybridized carbons (Fsp3) is 0.700. The van der Waals surface area contributed by atoms with Crippen molar-refractivity contribution in [1.82, 2.24) is 4.90 Å². The summed E-state index contributed by atoms with van der Waals surface area (Å²) in [7, 11) is 0. The molecule has 1 heterocycles. The molecular formula is C10H18N2O. The number of hydrogen-bond donors (Lipinski definition) is 1. The third kappa shape index (κ3) is 3.19. The highest BCUT2D eigenvalue weighted by Gasteiger charge is 2.19. The number of carbonyl (C=O) groups excluding carboxylic acids is 1. The molecule has 74 valence electrons. The van der Waals surface area contributed by atoms with Crippen molar-refractivity contribution in [2.24, 2.45) is 5.73 Å². The van der Waals surface area contributed by atoms with Crippen LogP contribution in [0, 0.1) is 0 Å². The zero-order chi connectivity index (χ0) is 9.68. The molecule has 1 atom stereocenters. The molecular weight excluding hydrogens is 164 g/mol. The average Bonchev–Trinajstić information content (AvgIpc) is 2.14. The van der Waals surface area contributed by atoms with E-state index in [9.17, 15) is 4.79 Å². The summed E-state index contributed by atoms with van der Waals surface area (Å²) in [6.45, 7) is 5.21. The van der Waals surface area contributed by atoms with Gasteiger partial charge in [-0.2, -0.15) is 0 Å². The fourth-order valence-corrected chi connectivity index (χ4v) is 1.62. The van der Waals surface area contributed by atoms with Crippen molar-refractivity contribution >= 4 is 5.91 Å². The monoisotopic (exact) mass is 182 g/mol. The van der Waals surface area contributed by atoms with Crippen molar-refractivity contribution in [2.45, 2.75) is 31.7 Å². The second kappa shape index (κ2) is 5.02. The zero-order valence-corrected chi connectivity index (χ0v) is 8.04. The summed E-state index contributed by atoms with van der Waals surface area (Å²) < 4.78 is 0. The molecule has 3 heteroatoms. The van der Waals surface area contributed by atoms with Crippen LogP contribution in [0.2, 0.25) is 0 Å². The summed E-state index contributed by atoms with van der Waals surface area (Å²) in [6, 6.07) is 0.182. The molecule has 0 bridgehead atoms. The molecule has 1 amide bonds. The van der Waals surface area contributed by atoms with E-state index in [4.69, 9.17) is 5.73 Å². The highest BCUT2D eigenvalue weighted by Crippen LogP contribution is 2.10. The van der Waals surface area contributed by atoms with Crippen LogP contribution in [-0.4, -0.2) is 29.9 Å². The van der Waals surface area contributed by atoms with Crippen LogP contribution in [0.3, 0.4) is 0 Å². The minimum Gasteiger partial charge on any atom is -0.341 e. The number of rotatable bonds is 3. The smallest absolute Gasteiger partial charge is 0.222 e. The molecule has 0 saturated carbocycles. The van der Waals surface area contributed by atoms with Gasteiger partial charge in [-0.25, -0.2) is 0 Å². The molecule has 1 aliphatic heterocycles. The van der Waals surface area contributed by atoms with Gasteiger partial charge < -0.3 is 10.6 Å². The van der Waals surface area contributed by atoms with Gasteiger partial charge in [0, 0.05) is 25.6 Å². The third-order valence-electron chi connectivity index (χ3n) is 2.37. The minimum absolute atomic E-state index is 0.182. The fourth-order valence-electron chi connectivity index (χ4n) is 1.62. The van der Waals surface area contributed by atoms with E-state index in [1.165, 1.54) is 0 Å². The normalized spacial score (nSPS) is 22.8. The maximum atomic E-state index is 11.5. The molecule has 1 aliphatic rings. The Balaban J connectivity index is 2.32. The van der Waals surface area contributed by atoms with E-state index in [-0.39, 0.29) is 11.9 Å². The van der Waals surface area contributed by atoms with E-state index in [0.717, 1.165) is 32.4 Å². The summed E-state index contributed by atoms with van der Waals surface area (Å²) in [5, 5.41) is 0. The van der Waals surface area contributed by atoms with Crippen molar-refractivity contribution in [2.75, 3.05) is 13.1 Å². The van der Waals surface area contributed by atoms with Gasteiger partial charge in [-0.3, -0.25) is 4.79 Å². The van der Waals surface area contributed by atoms with E-state index in [0.29, 0.717) is 6.42 Å². The molecule has 0 aliphatic carbocycles. The number of likely N-dealkylation sites (tertiary alicyclic amines) is 1. The van der Waals surface area contributed by atoms with Crippen molar-refractivity contribution < 1.29 is 4.79 Å². The number of allylic oxidation sites excluding steroid dienone is 1. The van der Waals surface area contributed by atoms with Gasteiger partial charge in [-0.1, -0.05) is 6.08 Å². The molecule has 0 radical (unpaired) electrons. The third-order valence-corrected chi connectivity index (χ3v) is 2.37. The zero-order valence-electron chi connectivity index (χ0n) is 8.04. The molecule has 3 nitrogen and oxygen atoms in total. The Kier molecular flexibility index (Phi) is 3.96. The van der Waals surface area contributed by atoms with Crippen LogP contribution in [0.5, 0.6) is 0 Å². The van der Waals surface area contributed by atoms with E-state index in [1.54, 1.807) is 6.08 Å². The van der Waals surface area contributed by atoms with Crippen molar-refractivity contribution in [3.63, 3.8) is 0 Å². The second-order valence-corrected chi connectivity index (χ2v) is 3.57. The number of nitrogens with zero attached hydrogens (tertiary/aromatic N) is 1. The first-order chi connectivity index (χ1) is 6.24. The first-order valence-electron chi connectivity index (χ1n) is 4.88. The molecule has 0 aromatic heterocycles. The second-order valence-electron chi connectivity index (χ2n) is 3.57. The topological polar surface area (TPSA) is 46.3 Å². The van der Waals surface area contributed by atoms with Gasteiger partial charge in [0.15, 0.2) is 0 Å². The number of nitrogens with two attached hydrogens (primary N) is 1. The highest BCUT2D eigenvalue weighted by atomic mass is 16.2. The standard InChI is InChI=1S/C10H18N2O/c1-2-3-6-10(13)12-7-4-5-9(11)8-12/h2,9H,1,3-8,11H2. The lowest BCUT2D eigenvalue weighted by Crippen LogP contribution is -2.45. The van der Waals surface area contributed by atoms with Crippen LogP contribution >= 0.6 is 0 Å². The van der Waals surface area contributed by atoms with Crippen LogP contribution in [-0.2, 0) is 4.79 Å². The lowest BCUT2D eigenvalue weighted by molar-refractivity contribution is -0.132. The van der Waals surface area contributed by atoms with E-state index in [1.807, 2.05) is 4.90 Å². The molecule has 1 rings (SSSR count). The Morgan fingerprint density at radius 3 is 3.08 bits per heavy atom. The first-order valence-corrected chi connectivity index (χ1v) is 4.88. The van der Waals surface area contributed by atoms with Crippen LogP contribution < -0.4 is 5.73 Å². The van der Waals surface area contributed by atoms with Gasteiger partial charge in [-0.15, -0.1) is 6.58 Å². The molecule has 1 saturated heterocycles. The summed E-state index contributed by atoms with van der Waals surface area (Å²) in [4.78, 5) is 13.4. The lowest BCUT2D eigenvalue weighted by atomic mass is 10.1. The summed E-state index contributed by atoms with van der Waals surface area (Å²) in [5.41, 5.74) is 5.78. The van der Waals surface area contributed by atoms with Crippen LogP contribution in [0.1, 0.15) is 25.7 Å². The quantitative estimate of drug-likeness (QED) is 0.659. The summed E-state index contributed by atoms with van der Waals surface area (Å²) in [5.74, 6) is 0.218. The first kappa shape index (κ1) is 10.3. The van der Waals surface area contributed by atoms with Crippen LogP contribution in [0.15, 0.2) is 12.7 Å². The minimum atomic E-state index is 0.182. The molecule has 2 N–H and O–H groups in total. The van der Waals surface area contributed by atoms with Crippen molar-refractivity contribution in [1.29, 1.82) is 0 Å². The maximum absolute atomic E-state index is 11.5. The molecule has 0 aromatic rings. The maximum Gasteiger partial charge on any atom is 0.222 e. The number of hydrogen-bond acceptors (Lipinski definition) is 2. The number of piperidine rings is 1. The Morgan fingerprint density at radius 1 is 1.69 bits per heavy atom.